The maximum Gasteiger partial charge on any atom is 0.0611 e. The molecule has 0 saturated heterocycles. The van der Waals surface area contributed by atoms with Crippen LogP contribution in [0.25, 0.3) is 0 Å². The smallest absolute Gasteiger partial charge is 0.0611 e. The fourth-order valence-electron chi connectivity index (χ4n) is 2.09. The van der Waals surface area contributed by atoms with E-state index in [4.69, 9.17) is 0 Å². The lowest BCUT2D eigenvalue weighted by Crippen LogP contribution is -2.48. The van der Waals surface area contributed by atoms with Crippen LogP contribution in [0.3, 0.4) is 0 Å². The molecule has 0 aromatic heterocycles. The van der Waals surface area contributed by atoms with Gasteiger partial charge in [-0.25, -0.2) is 0 Å². The van der Waals surface area contributed by atoms with Crippen molar-refractivity contribution in [3.63, 3.8) is 0 Å². The van der Waals surface area contributed by atoms with Gasteiger partial charge >= 0.3 is 0 Å². The number of aliphatic hydroxyl groups is 1. The average molecular weight is 259 g/mol. The van der Waals surface area contributed by atoms with Crippen LogP contribution in [0.15, 0.2) is 0 Å². The van der Waals surface area contributed by atoms with E-state index in [0.29, 0.717) is 0 Å². The molecule has 0 bridgehead atoms. The Kier molecular flexibility index (Phi) is 9.64. The third-order valence-electron chi connectivity index (χ3n) is 3.46. The Hall–Kier alpha value is -0.160. The fourth-order valence-corrected chi connectivity index (χ4v) is 2.09. The second-order valence-corrected chi connectivity index (χ2v) is 5.59. The molecule has 0 aliphatic rings. The minimum atomic E-state index is -0.135. The van der Waals surface area contributed by atoms with Crippen LogP contribution in [0.2, 0.25) is 0 Å². The Morgan fingerprint density at radius 2 is 1.78 bits per heavy atom. The highest BCUT2D eigenvalue weighted by Crippen LogP contribution is 2.10. The van der Waals surface area contributed by atoms with Crippen LogP contribution in [0.4, 0.5) is 0 Å². The van der Waals surface area contributed by atoms with Crippen molar-refractivity contribution in [2.45, 2.75) is 39.2 Å². The summed E-state index contributed by atoms with van der Waals surface area (Å²) in [5.74, 6) is 0. The van der Waals surface area contributed by atoms with Crippen LogP contribution in [0.5, 0.6) is 0 Å². The monoisotopic (exact) mass is 259 g/mol. The van der Waals surface area contributed by atoms with E-state index in [-0.39, 0.29) is 12.1 Å². The van der Waals surface area contributed by atoms with Gasteiger partial charge in [-0.15, -0.1) is 0 Å². The molecule has 0 aromatic rings. The summed E-state index contributed by atoms with van der Waals surface area (Å²) in [6.07, 6.45) is 2.20. The minimum absolute atomic E-state index is 0.135. The molecule has 0 aliphatic heterocycles. The number of hydrogen-bond acceptors (Lipinski definition) is 4. The van der Waals surface area contributed by atoms with Gasteiger partial charge in [-0.05, 0) is 66.6 Å². The lowest BCUT2D eigenvalue weighted by Gasteiger charge is -2.31. The number of hydrogen-bond donors (Lipinski definition) is 2. The standard InChI is InChI=1S/C14H33N3O/c1-6-15-14(3,13-18)9-12-17(7-2)11-8-10-16(4)5/h15,18H,6-13H2,1-5H3. The Morgan fingerprint density at radius 3 is 2.22 bits per heavy atom. The van der Waals surface area contributed by atoms with Gasteiger partial charge in [0.25, 0.3) is 0 Å². The molecule has 4 nitrogen and oxygen atoms in total. The maximum absolute atomic E-state index is 9.46. The number of aliphatic hydroxyl groups excluding tert-OH is 1. The van der Waals surface area contributed by atoms with E-state index in [1.54, 1.807) is 0 Å². The molecular formula is C14H33N3O. The highest BCUT2D eigenvalue weighted by atomic mass is 16.3. The second kappa shape index (κ2) is 9.73. The van der Waals surface area contributed by atoms with Crippen LogP contribution in [-0.4, -0.2) is 73.9 Å². The molecule has 0 rings (SSSR count). The zero-order valence-electron chi connectivity index (χ0n) is 13.0. The van der Waals surface area contributed by atoms with Crippen molar-refractivity contribution in [2.24, 2.45) is 0 Å². The summed E-state index contributed by atoms with van der Waals surface area (Å²) >= 11 is 0. The lowest BCUT2D eigenvalue weighted by molar-refractivity contribution is 0.147. The third kappa shape index (κ3) is 8.03. The van der Waals surface area contributed by atoms with E-state index in [0.717, 1.165) is 39.1 Å². The molecule has 0 aromatic carbocycles. The van der Waals surface area contributed by atoms with Crippen molar-refractivity contribution in [3.8, 4) is 0 Å². The van der Waals surface area contributed by atoms with Gasteiger partial charge in [0.15, 0.2) is 0 Å². The quantitative estimate of drug-likeness (QED) is 0.581. The van der Waals surface area contributed by atoms with E-state index in [2.05, 4.69) is 50.0 Å². The molecule has 0 saturated carbocycles. The molecule has 1 unspecified atom stereocenters. The van der Waals surface area contributed by atoms with Crippen LogP contribution in [0, 0.1) is 0 Å². The highest BCUT2D eigenvalue weighted by molar-refractivity contribution is 4.82. The van der Waals surface area contributed by atoms with Crippen molar-refractivity contribution < 1.29 is 5.11 Å². The molecule has 0 heterocycles. The van der Waals surface area contributed by atoms with Gasteiger partial charge in [0, 0.05) is 5.54 Å². The van der Waals surface area contributed by atoms with Gasteiger partial charge in [0.2, 0.25) is 0 Å². The lowest BCUT2D eigenvalue weighted by atomic mass is 9.98. The van der Waals surface area contributed by atoms with Crippen molar-refractivity contribution in [1.82, 2.24) is 15.1 Å². The van der Waals surface area contributed by atoms with Crippen molar-refractivity contribution in [1.29, 1.82) is 0 Å². The molecule has 110 valence electrons. The summed E-state index contributed by atoms with van der Waals surface area (Å²) in [5.41, 5.74) is -0.135. The molecule has 0 amide bonds. The van der Waals surface area contributed by atoms with Gasteiger partial charge in [0.05, 0.1) is 6.61 Å². The maximum atomic E-state index is 9.46. The predicted molar refractivity (Wildman–Crippen MR) is 79.1 cm³/mol. The van der Waals surface area contributed by atoms with Crippen LogP contribution in [0.1, 0.15) is 33.6 Å². The number of nitrogens with zero attached hydrogens (tertiary/aromatic N) is 2. The number of likely N-dealkylation sites (N-methyl/N-ethyl adjacent to an activating group) is 1. The van der Waals surface area contributed by atoms with Gasteiger partial charge in [-0.3, -0.25) is 0 Å². The van der Waals surface area contributed by atoms with E-state index in [1.807, 2.05) is 0 Å². The normalized spacial score (nSPS) is 15.3. The largest absolute Gasteiger partial charge is 0.394 e. The van der Waals surface area contributed by atoms with Crippen LogP contribution in [-0.2, 0) is 0 Å². The first-order valence-corrected chi connectivity index (χ1v) is 7.20. The molecule has 4 heteroatoms. The highest BCUT2D eigenvalue weighted by Gasteiger charge is 2.22. The van der Waals surface area contributed by atoms with Crippen molar-refractivity contribution in [3.05, 3.63) is 0 Å². The molecule has 1 atom stereocenters. The van der Waals surface area contributed by atoms with Crippen molar-refractivity contribution in [2.75, 3.05) is 53.4 Å². The van der Waals surface area contributed by atoms with Gasteiger partial charge in [0.1, 0.15) is 0 Å². The minimum Gasteiger partial charge on any atom is -0.394 e. The Morgan fingerprint density at radius 1 is 1.11 bits per heavy atom. The number of nitrogens with one attached hydrogen (secondary N) is 1. The van der Waals surface area contributed by atoms with Gasteiger partial charge in [-0.2, -0.15) is 0 Å². The van der Waals surface area contributed by atoms with Crippen LogP contribution < -0.4 is 5.32 Å². The Bertz CT molecular complexity index is 199. The summed E-state index contributed by atoms with van der Waals surface area (Å²) in [5, 5.41) is 12.8. The molecule has 18 heavy (non-hydrogen) atoms. The summed E-state index contributed by atoms with van der Waals surface area (Å²) in [6.45, 7) is 11.9. The fraction of sp³-hybridized carbons (Fsp3) is 1.00. The summed E-state index contributed by atoms with van der Waals surface area (Å²) in [7, 11) is 4.23. The summed E-state index contributed by atoms with van der Waals surface area (Å²) in [6, 6.07) is 0. The van der Waals surface area contributed by atoms with E-state index < -0.39 is 0 Å². The summed E-state index contributed by atoms with van der Waals surface area (Å²) < 4.78 is 0. The second-order valence-electron chi connectivity index (χ2n) is 5.59. The zero-order chi connectivity index (χ0) is 14.0. The van der Waals surface area contributed by atoms with Gasteiger partial charge in [-0.1, -0.05) is 13.8 Å². The molecule has 0 radical (unpaired) electrons. The van der Waals surface area contributed by atoms with E-state index >= 15 is 0 Å². The topological polar surface area (TPSA) is 38.7 Å². The summed E-state index contributed by atoms with van der Waals surface area (Å²) in [4.78, 5) is 4.69. The van der Waals surface area contributed by atoms with Crippen LogP contribution >= 0.6 is 0 Å². The zero-order valence-corrected chi connectivity index (χ0v) is 13.0. The average Bonchev–Trinajstić information content (AvgIpc) is 2.33. The molecule has 0 fully saturated rings. The third-order valence-corrected chi connectivity index (χ3v) is 3.46. The van der Waals surface area contributed by atoms with E-state index in [1.165, 1.54) is 6.42 Å². The first kappa shape index (κ1) is 17.8. The molecule has 0 aliphatic carbocycles. The van der Waals surface area contributed by atoms with Gasteiger partial charge < -0.3 is 20.2 Å². The van der Waals surface area contributed by atoms with E-state index in [9.17, 15) is 5.11 Å². The Balaban J connectivity index is 3.97. The first-order chi connectivity index (χ1) is 8.47. The Labute approximate surface area is 113 Å². The predicted octanol–water partition coefficient (Wildman–Crippen LogP) is 1.01. The van der Waals surface area contributed by atoms with Crippen molar-refractivity contribution >= 4 is 0 Å². The molecule has 2 N–H and O–H groups in total. The molecular weight excluding hydrogens is 226 g/mol. The number of rotatable bonds is 11. The molecule has 0 spiro atoms. The SMILES string of the molecule is CCNC(C)(CO)CCN(CC)CCCN(C)C. The first-order valence-electron chi connectivity index (χ1n) is 7.20.